The first-order valence-electron chi connectivity index (χ1n) is 5.88. The molecular weight excluding hydrogens is 204 g/mol. The van der Waals surface area contributed by atoms with E-state index in [1.807, 2.05) is 0 Å². The molecule has 0 saturated heterocycles. The van der Waals surface area contributed by atoms with Crippen LogP contribution in [0.4, 0.5) is 0 Å². The molecule has 0 spiro atoms. The minimum atomic E-state index is -0.453. The van der Waals surface area contributed by atoms with Crippen molar-refractivity contribution in [3.8, 4) is 0 Å². The van der Waals surface area contributed by atoms with Gasteiger partial charge in [0.05, 0.1) is 0 Å². The van der Waals surface area contributed by atoms with Crippen LogP contribution in [-0.4, -0.2) is 17.9 Å². The summed E-state index contributed by atoms with van der Waals surface area (Å²) in [4.78, 5) is 22.2. The lowest BCUT2D eigenvalue weighted by Gasteiger charge is -2.34. The highest BCUT2D eigenvalue weighted by Crippen LogP contribution is 2.43. The van der Waals surface area contributed by atoms with E-state index in [1.165, 1.54) is 6.08 Å². The van der Waals surface area contributed by atoms with Crippen LogP contribution in [0.3, 0.4) is 0 Å². The molecule has 1 aliphatic carbocycles. The van der Waals surface area contributed by atoms with E-state index in [0.29, 0.717) is 6.42 Å². The molecule has 0 N–H and O–H groups in total. The van der Waals surface area contributed by atoms with Crippen LogP contribution in [0.15, 0.2) is 12.7 Å². The summed E-state index contributed by atoms with van der Waals surface area (Å²) < 4.78 is 5.52. The third-order valence-electron chi connectivity index (χ3n) is 3.72. The van der Waals surface area contributed by atoms with E-state index in [9.17, 15) is 9.59 Å². The lowest BCUT2D eigenvalue weighted by molar-refractivity contribution is -0.159. The third kappa shape index (κ3) is 2.52. The fraction of sp³-hybridized carbons (Fsp3) is 0.692. The third-order valence-corrected chi connectivity index (χ3v) is 3.72. The van der Waals surface area contributed by atoms with Crippen molar-refractivity contribution in [1.82, 2.24) is 0 Å². The summed E-state index contributed by atoms with van der Waals surface area (Å²) in [6, 6.07) is 0. The van der Waals surface area contributed by atoms with Gasteiger partial charge in [-0.3, -0.25) is 0 Å². The van der Waals surface area contributed by atoms with Gasteiger partial charge >= 0.3 is 5.97 Å². The Morgan fingerprint density at radius 2 is 2.38 bits per heavy atom. The molecule has 16 heavy (non-hydrogen) atoms. The quantitative estimate of drug-likeness (QED) is 0.409. The van der Waals surface area contributed by atoms with Crippen molar-refractivity contribution in [3.05, 3.63) is 12.7 Å². The summed E-state index contributed by atoms with van der Waals surface area (Å²) >= 11 is 0. The van der Waals surface area contributed by atoms with Crippen molar-refractivity contribution in [2.45, 2.75) is 45.1 Å². The van der Waals surface area contributed by atoms with E-state index < -0.39 is 5.60 Å². The van der Waals surface area contributed by atoms with E-state index in [-0.39, 0.29) is 17.8 Å². The second-order valence-electron chi connectivity index (χ2n) is 4.64. The van der Waals surface area contributed by atoms with Gasteiger partial charge in [0, 0.05) is 12.0 Å². The summed E-state index contributed by atoms with van der Waals surface area (Å²) in [6.45, 7) is 7.56. The SMILES string of the molecule is C=CC(=O)O[C@]1([C@@H](C)CC)CCC(C=O)C1. The highest BCUT2D eigenvalue weighted by atomic mass is 16.6. The molecule has 3 nitrogen and oxygen atoms in total. The Bertz CT molecular complexity index is 285. The zero-order chi connectivity index (χ0) is 12.2. The molecule has 0 bridgehead atoms. The highest BCUT2D eigenvalue weighted by Gasteiger charge is 2.45. The topological polar surface area (TPSA) is 43.4 Å². The van der Waals surface area contributed by atoms with Crippen LogP contribution < -0.4 is 0 Å². The van der Waals surface area contributed by atoms with Gasteiger partial charge in [-0.2, -0.15) is 0 Å². The van der Waals surface area contributed by atoms with Gasteiger partial charge in [0.15, 0.2) is 0 Å². The number of hydrogen-bond donors (Lipinski definition) is 0. The Hall–Kier alpha value is -1.12. The molecule has 0 radical (unpaired) electrons. The molecule has 3 atom stereocenters. The Morgan fingerprint density at radius 3 is 2.81 bits per heavy atom. The van der Waals surface area contributed by atoms with Crippen LogP contribution in [-0.2, 0) is 14.3 Å². The molecule has 0 aromatic carbocycles. The Labute approximate surface area is 96.9 Å². The molecule has 1 fully saturated rings. The van der Waals surface area contributed by atoms with Crippen LogP contribution in [0.2, 0.25) is 0 Å². The van der Waals surface area contributed by atoms with Crippen LogP contribution in [0.25, 0.3) is 0 Å². The highest BCUT2D eigenvalue weighted by molar-refractivity contribution is 5.81. The van der Waals surface area contributed by atoms with E-state index in [4.69, 9.17) is 4.74 Å². The smallest absolute Gasteiger partial charge is 0.330 e. The molecule has 0 aliphatic heterocycles. The fourth-order valence-electron chi connectivity index (χ4n) is 2.45. The van der Waals surface area contributed by atoms with Crippen LogP contribution in [0, 0.1) is 11.8 Å². The standard InChI is InChI=1S/C13H20O3/c1-4-10(3)13(16-12(15)5-2)7-6-11(8-13)9-14/h5,9-11H,2,4,6-8H2,1,3H3/t10-,11?,13+/m0/s1. The van der Waals surface area contributed by atoms with Crippen LogP contribution >= 0.6 is 0 Å². The largest absolute Gasteiger partial charge is 0.456 e. The van der Waals surface area contributed by atoms with E-state index in [1.54, 1.807) is 0 Å². The molecule has 1 aliphatic rings. The number of ether oxygens (including phenoxy) is 1. The Kier molecular flexibility index (Phi) is 4.27. The Balaban J connectivity index is 2.82. The second kappa shape index (κ2) is 5.28. The molecule has 90 valence electrons. The number of rotatable bonds is 5. The molecule has 0 amide bonds. The van der Waals surface area contributed by atoms with Gasteiger partial charge in [-0.15, -0.1) is 0 Å². The number of carbonyl (C=O) groups is 2. The molecule has 0 heterocycles. The van der Waals surface area contributed by atoms with E-state index >= 15 is 0 Å². The molecule has 1 saturated carbocycles. The molecule has 0 aromatic rings. The van der Waals surface area contributed by atoms with Gasteiger partial charge in [0.25, 0.3) is 0 Å². The summed E-state index contributed by atoms with van der Waals surface area (Å²) in [5.41, 5.74) is -0.453. The average molecular weight is 224 g/mol. The van der Waals surface area contributed by atoms with Gasteiger partial charge in [0.1, 0.15) is 11.9 Å². The first-order chi connectivity index (χ1) is 7.57. The summed E-state index contributed by atoms with van der Waals surface area (Å²) in [5.74, 6) is -0.0696. The lowest BCUT2D eigenvalue weighted by atomic mass is 9.84. The summed E-state index contributed by atoms with van der Waals surface area (Å²) in [6.07, 6.45) is 5.37. The maximum atomic E-state index is 11.4. The normalized spacial score (nSPS) is 30.8. The van der Waals surface area contributed by atoms with Crippen molar-refractivity contribution in [2.75, 3.05) is 0 Å². The van der Waals surface area contributed by atoms with Crippen LogP contribution in [0.5, 0.6) is 0 Å². The fourth-order valence-corrected chi connectivity index (χ4v) is 2.45. The average Bonchev–Trinajstić information content (AvgIpc) is 2.72. The number of aldehydes is 1. The molecule has 0 aromatic heterocycles. The first-order valence-corrected chi connectivity index (χ1v) is 5.88. The predicted octanol–water partition coefficient (Wildman–Crippen LogP) is 2.50. The summed E-state index contributed by atoms with van der Waals surface area (Å²) in [5, 5.41) is 0. The molecule has 1 unspecified atom stereocenters. The van der Waals surface area contributed by atoms with Crippen molar-refractivity contribution in [2.24, 2.45) is 11.8 Å². The number of hydrogen-bond acceptors (Lipinski definition) is 3. The number of carbonyl (C=O) groups excluding carboxylic acids is 2. The van der Waals surface area contributed by atoms with Crippen molar-refractivity contribution in [1.29, 1.82) is 0 Å². The first kappa shape index (κ1) is 12.9. The van der Waals surface area contributed by atoms with Gasteiger partial charge < -0.3 is 9.53 Å². The predicted molar refractivity (Wildman–Crippen MR) is 61.9 cm³/mol. The summed E-state index contributed by atoms with van der Waals surface area (Å²) in [7, 11) is 0. The van der Waals surface area contributed by atoms with Gasteiger partial charge in [0.2, 0.25) is 0 Å². The molecule has 3 heteroatoms. The Morgan fingerprint density at radius 1 is 1.69 bits per heavy atom. The van der Waals surface area contributed by atoms with Gasteiger partial charge in [-0.1, -0.05) is 20.4 Å². The van der Waals surface area contributed by atoms with E-state index in [2.05, 4.69) is 20.4 Å². The zero-order valence-corrected chi connectivity index (χ0v) is 10.1. The van der Waals surface area contributed by atoms with Crippen LogP contribution in [0.1, 0.15) is 39.5 Å². The van der Waals surface area contributed by atoms with E-state index in [0.717, 1.165) is 25.5 Å². The van der Waals surface area contributed by atoms with Crippen molar-refractivity contribution < 1.29 is 14.3 Å². The lowest BCUT2D eigenvalue weighted by Crippen LogP contribution is -2.38. The number of esters is 1. The maximum absolute atomic E-state index is 11.4. The van der Waals surface area contributed by atoms with Gasteiger partial charge in [-0.05, 0) is 31.6 Å². The monoisotopic (exact) mass is 224 g/mol. The molecule has 1 rings (SSSR count). The minimum Gasteiger partial charge on any atom is -0.456 e. The van der Waals surface area contributed by atoms with Crippen molar-refractivity contribution >= 4 is 12.3 Å². The maximum Gasteiger partial charge on any atom is 0.330 e. The second-order valence-corrected chi connectivity index (χ2v) is 4.64. The zero-order valence-electron chi connectivity index (χ0n) is 10.1. The molecular formula is C13H20O3. The minimum absolute atomic E-state index is 0.0339. The van der Waals surface area contributed by atoms with Gasteiger partial charge in [-0.25, -0.2) is 4.79 Å². The van der Waals surface area contributed by atoms with Crippen molar-refractivity contribution in [3.63, 3.8) is 0 Å².